The Labute approximate surface area is 129 Å². The quantitative estimate of drug-likeness (QED) is 0.677. The van der Waals surface area contributed by atoms with E-state index in [4.69, 9.17) is 0 Å². The maximum atomic E-state index is 3.79. The summed E-state index contributed by atoms with van der Waals surface area (Å²) >= 11 is 1.97. The topological polar surface area (TPSA) is 12.0 Å². The van der Waals surface area contributed by atoms with Crippen LogP contribution in [-0.4, -0.2) is 6.04 Å². The zero-order valence-electron chi connectivity index (χ0n) is 12.4. The molecule has 4 rings (SSSR count). The van der Waals surface area contributed by atoms with Crippen molar-refractivity contribution in [1.29, 1.82) is 0 Å². The SMILES string of the molecule is Cc1ccc(C2N[C@H](C)Cc3sc4ccccc4c32)cc1. The zero-order valence-corrected chi connectivity index (χ0v) is 13.2. The number of hydrogen-bond acceptors (Lipinski definition) is 2. The second-order valence-electron chi connectivity index (χ2n) is 6.05. The first-order chi connectivity index (χ1) is 10.2. The van der Waals surface area contributed by atoms with Gasteiger partial charge in [-0.1, -0.05) is 48.0 Å². The molecule has 2 heterocycles. The van der Waals surface area contributed by atoms with E-state index in [0.717, 1.165) is 6.42 Å². The summed E-state index contributed by atoms with van der Waals surface area (Å²) in [5.41, 5.74) is 4.19. The zero-order chi connectivity index (χ0) is 14.4. The van der Waals surface area contributed by atoms with E-state index >= 15 is 0 Å². The minimum absolute atomic E-state index is 0.320. The lowest BCUT2D eigenvalue weighted by Gasteiger charge is -2.30. The van der Waals surface area contributed by atoms with Gasteiger partial charge in [-0.05, 0) is 42.8 Å². The van der Waals surface area contributed by atoms with Crippen LogP contribution in [0, 0.1) is 6.92 Å². The van der Waals surface area contributed by atoms with Gasteiger partial charge in [-0.3, -0.25) is 0 Å². The van der Waals surface area contributed by atoms with Gasteiger partial charge >= 0.3 is 0 Å². The summed E-state index contributed by atoms with van der Waals surface area (Å²) < 4.78 is 1.41. The maximum Gasteiger partial charge on any atom is 0.0596 e. The van der Waals surface area contributed by atoms with Crippen LogP contribution in [0.3, 0.4) is 0 Å². The molecule has 0 radical (unpaired) electrons. The molecule has 1 aliphatic rings. The molecule has 3 aromatic rings. The molecule has 0 amide bonds. The summed E-state index contributed by atoms with van der Waals surface area (Å²) in [7, 11) is 0. The molecule has 0 aliphatic carbocycles. The third kappa shape index (κ3) is 2.19. The number of fused-ring (bicyclic) bond motifs is 3. The summed E-state index contributed by atoms with van der Waals surface area (Å²) in [5.74, 6) is 0. The van der Waals surface area contributed by atoms with Gasteiger partial charge in [0.2, 0.25) is 0 Å². The average molecular weight is 293 g/mol. The molecular formula is C19H19NS. The van der Waals surface area contributed by atoms with Crippen molar-refractivity contribution in [2.45, 2.75) is 32.4 Å². The summed E-state index contributed by atoms with van der Waals surface area (Å²) in [4.78, 5) is 1.55. The molecule has 0 saturated carbocycles. The van der Waals surface area contributed by atoms with E-state index in [0.29, 0.717) is 12.1 Å². The predicted molar refractivity (Wildman–Crippen MR) is 91.1 cm³/mol. The Hall–Kier alpha value is -1.64. The molecule has 1 unspecified atom stereocenters. The molecule has 0 bridgehead atoms. The Morgan fingerprint density at radius 1 is 1.05 bits per heavy atom. The minimum atomic E-state index is 0.320. The second kappa shape index (κ2) is 4.97. The monoisotopic (exact) mass is 293 g/mol. The van der Waals surface area contributed by atoms with Gasteiger partial charge in [0.1, 0.15) is 0 Å². The Bertz CT molecular complexity index is 785. The van der Waals surface area contributed by atoms with Crippen molar-refractivity contribution in [2.75, 3.05) is 0 Å². The summed E-state index contributed by atoms with van der Waals surface area (Å²) in [6, 6.07) is 18.6. The third-order valence-electron chi connectivity index (χ3n) is 4.35. The molecule has 0 spiro atoms. The van der Waals surface area contributed by atoms with Crippen LogP contribution in [0.1, 0.15) is 34.5 Å². The Morgan fingerprint density at radius 2 is 1.81 bits per heavy atom. The van der Waals surface area contributed by atoms with Crippen molar-refractivity contribution in [3.05, 3.63) is 70.1 Å². The molecule has 0 fully saturated rings. The molecule has 1 nitrogen and oxygen atoms in total. The van der Waals surface area contributed by atoms with Crippen molar-refractivity contribution in [1.82, 2.24) is 5.32 Å². The van der Waals surface area contributed by atoms with Crippen LogP contribution in [-0.2, 0) is 6.42 Å². The van der Waals surface area contributed by atoms with Crippen molar-refractivity contribution in [2.24, 2.45) is 0 Å². The first-order valence-electron chi connectivity index (χ1n) is 7.55. The van der Waals surface area contributed by atoms with Gasteiger partial charge in [-0.25, -0.2) is 0 Å². The molecule has 0 saturated heterocycles. The van der Waals surface area contributed by atoms with Gasteiger partial charge in [-0.2, -0.15) is 0 Å². The largest absolute Gasteiger partial charge is 0.303 e. The summed E-state index contributed by atoms with van der Waals surface area (Å²) in [5, 5.41) is 5.21. The standard InChI is InChI=1S/C19H19NS/c1-12-7-9-14(10-8-12)19-18-15-5-3-4-6-16(15)21-17(18)11-13(2)20-19/h3-10,13,19-20H,11H2,1-2H3/t13-,19?/m1/s1. The number of hydrogen-bond donors (Lipinski definition) is 1. The number of nitrogens with one attached hydrogen (secondary N) is 1. The van der Waals surface area contributed by atoms with Crippen LogP contribution in [0.4, 0.5) is 0 Å². The molecule has 2 atom stereocenters. The molecule has 1 N–H and O–H groups in total. The normalized spacial score (nSPS) is 21.4. The van der Waals surface area contributed by atoms with Gasteiger partial charge in [0, 0.05) is 15.6 Å². The highest BCUT2D eigenvalue weighted by molar-refractivity contribution is 7.19. The van der Waals surface area contributed by atoms with Crippen LogP contribution in [0.5, 0.6) is 0 Å². The van der Waals surface area contributed by atoms with Crippen LogP contribution >= 0.6 is 11.3 Å². The fourth-order valence-electron chi connectivity index (χ4n) is 3.31. The van der Waals surface area contributed by atoms with Gasteiger partial charge in [-0.15, -0.1) is 11.3 Å². The average Bonchev–Trinajstić information content (AvgIpc) is 2.85. The maximum absolute atomic E-state index is 3.79. The van der Waals surface area contributed by atoms with E-state index < -0.39 is 0 Å². The van der Waals surface area contributed by atoms with Crippen LogP contribution in [0.2, 0.25) is 0 Å². The van der Waals surface area contributed by atoms with Crippen molar-refractivity contribution in [3.8, 4) is 0 Å². The predicted octanol–water partition coefficient (Wildman–Crippen LogP) is 4.83. The smallest absolute Gasteiger partial charge is 0.0596 e. The third-order valence-corrected chi connectivity index (χ3v) is 5.56. The van der Waals surface area contributed by atoms with E-state index in [-0.39, 0.29) is 0 Å². The number of thiophene rings is 1. The lowest BCUT2D eigenvalue weighted by Crippen LogP contribution is -2.37. The lowest BCUT2D eigenvalue weighted by molar-refractivity contribution is 0.472. The highest BCUT2D eigenvalue weighted by Gasteiger charge is 2.28. The number of aryl methyl sites for hydroxylation is 1. The summed E-state index contributed by atoms with van der Waals surface area (Å²) in [6.45, 7) is 4.43. The molecule has 1 aliphatic heterocycles. The minimum Gasteiger partial charge on any atom is -0.303 e. The molecule has 2 aromatic carbocycles. The lowest BCUT2D eigenvalue weighted by atomic mass is 9.90. The fourth-order valence-corrected chi connectivity index (χ4v) is 4.68. The van der Waals surface area contributed by atoms with Crippen LogP contribution in [0.15, 0.2) is 48.5 Å². The molecule has 21 heavy (non-hydrogen) atoms. The van der Waals surface area contributed by atoms with Gasteiger partial charge in [0.05, 0.1) is 6.04 Å². The molecule has 106 valence electrons. The van der Waals surface area contributed by atoms with E-state index in [1.807, 2.05) is 11.3 Å². The van der Waals surface area contributed by atoms with Gasteiger partial charge in [0.15, 0.2) is 0 Å². The first-order valence-corrected chi connectivity index (χ1v) is 8.37. The van der Waals surface area contributed by atoms with E-state index in [1.165, 1.54) is 26.8 Å². The Kier molecular flexibility index (Phi) is 3.09. The highest BCUT2D eigenvalue weighted by Crippen LogP contribution is 2.41. The highest BCUT2D eigenvalue weighted by atomic mass is 32.1. The van der Waals surface area contributed by atoms with Crippen LogP contribution in [0.25, 0.3) is 10.1 Å². The molecular weight excluding hydrogens is 274 g/mol. The van der Waals surface area contributed by atoms with E-state index in [2.05, 4.69) is 67.7 Å². The molecule has 2 heteroatoms. The fraction of sp³-hybridized carbons (Fsp3) is 0.263. The van der Waals surface area contributed by atoms with Crippen molar-refractivity contribution in [3.63, 3.8) is 0 Å². The number of rotatable bonds is 1. The number of benzene rings is 2. The van der Waals surface area contributed by atoms with E-state index in [1.54, 1.807) is 4.88 Å². The van der Waals surface area contributed by atoms with Crippen molar-refractivity contribution < 1.29 is 0 Å². The van der Waals surface area contributed by atoms with Gasteiger partial charge in [0.25, 0.3) is 0 Å². The first kappa shape index (κ1) is 13.1. The Balaban J connectivity index is 1.92. The summed E-state index contributed by atoms with van der Waals surface area (Å²) in [6.07, 6.45) is 1.14. The second-order valence-corrected chi connectivity index (χ2v) is 7.19. The van der Waals surface area contributed by atoms with Crippen molar-refractivity contribution >= 4 is 21.4 Å². The van der Waals surface area contributed by atoms with Gasteiger partial charge < -0.3 is 5.32 Å². The van der Waals surface area contributed by atoms with E-state index in [9.17, 15) is 0 Å². The van der Waals surface area contributed by atoms with Crippen LogP contribution < -0.4 is 5.32 Å². The molecule has 1 aromatic heterocycles. The Morgan fingerprint density at radius 3 is 2.62 bits per heavy atom.